The highest BCUT2D eigenvalue weighted by Gasteiger charge is 2.26. The third kappa shape index (κ3) is 4.96. The molecule has 0 N–H and O–H groups in total. The molecule has 0 bridgehead atoms. The summed E-state index contributed by atoms with van der Waals surface area (Å²) >= 11 is 1.12. The molecule has 34 heavy (non-hydrogen) atoms. The molecule has 0 saturated heterocycles. The summed E-state index contributed by atoms with van der Waals surface area (Å²) in [6, 6.07) is 10.7. The van der Waals surface area contributed by atoms with Crippen LogP contribution in [-0.4, -0.2) is 30.0 Å². The second kappa shape index (κ2) is 10.1. The monoisotopic (exact) mass is 487 g/mol. The van der Waals surface area contributed by atoms with Crippen LogP contribution >= 0.6 is 11.3 Å². The average Bonchev–Trinajstić information content (AvgIpc) is 3.26. The van der Waals surface area contributed by atoms with Gasteiger partial charge in [0.1, 0.15) is 11.6 Å². The number of fused-ring (bicyclic) bond motifs is 1. The number of benzene rings is 2. The molecule has 2 aromatic carbocycles. The Hall–Kier alpha value is -3.66. The van der Waals surface area contributed by atoms with Crippen molar-refractivity contribution in [1.29, 1.82) is 0 Å². The van der Waals surface area contributed by atoms with E-state index in [1.54, 1.807) is 23.6 Å². The van der Waals surface area contributed by atoms with E-state index in [0.29, 0.717) is 30.8 Å². The lowest BCUT2D eigenvalue weighted by Crippen LogP contribution is -2.34. The van der Waals surface area contributed by atoms with E-state index in [9.17, 15) is 22.8 Å². The Morgan fingerprint density at radius 1 is 1.21 bits per heavy atom. The zero-order valence-corrected chi connectivity index (χ0v) is 18.9. The molecule has 1 aromatic heterocycles. The Kier molecular flexibility index (Phi) is 6.97. The van der Waals surface area contributed by atoms with E-state index in [-0.39, 0.29) is 16.6 Å². The normalized spacial score (nSPS) is 13.3. The summed E-state index contributed by atoms with van der Waals surface area (Å²) < 4.78 is 44.6. The minimum atomic E-state index is -3.01. The Bertz CT molecular complexity index is 1240. The van der Waals surface area contributed by atoms with Crippen LogP contribution in [0, 0.1) is 5.82 Å². The number of alkyl halides is 2. The number of aryl methyl sites for hydroxylation is 1. The molecule has 6 nitrogen and oxygen atoms in total. The molecule has 0 unspecified atom stereocenters. The topological polar surface area (TPSA) is 62.7 Å². The molecule has 2 amide bonds. The summed E-state index contributed by atoms with van der Waals surface area (Å²) in [6.45, 7) is -1.35. The van der Waals surface area contributed by atoms with Gasteiger partial charge < -0.3 is 9.64 Å². The SMILES string of the molecule is CC(=O)N(c1nc(C=CC(=O)N2CCCc3cccc(OC(F)F)c32)cs1)c1ccccc1F. The number of halogens is 3. The van der Waals surface area contributed by atoms with Crippen molar-refractivity contribution in [3.05, 3.63) is 71.0 Å². The van der Waals surface area contributed by atoms with Gasteiger partial charge in [0, 0.05) is 24.9 Å². The fourth-order valence-electron chi connectivity index (χ4n) is 3.77. The standard InChI is InChI=1S/C24H20F3N3O3S/c1-15(31)30(19-9-3-2-8-18(19)25)24-28-17(14-34-24)11-12-21(32)29-13-5-7-16-6-4-10-20(22(16)29)33-23(26)27/h2-4,6,8-12,14,23H,5,7,13H2,1H3. The second-order valence-electron chi connectivity index (χ2n) is 7.43. The molecule has 0 aliphatic carbocycles. The zero-order chi connectivity index (χ0) is 24.2. The highest BCUT2D eigenvalue weighted by atomic mass is 32.1. The van der Waals surface area contributed by atoms with Gasteiger partial charge in [-0.3, -0.25) is 14.5 Å². The highest BCUT2D eigenvalue weighted by molar-refractivity contribution is 7.14. The van der Waals surface area contributed by atoms with E-state index in [1.165, 1.54) is 48.2 Å². The fourth-order valence-corrected chi connectivity index (χ4v) is 4.62. The number of rotatable bonds is 6. The summed E-state index contributed by atoms with van der Waals surface area (Å²) in [7, 11) is 0. The van der Waals surface area contributed by atoms with Crippen LogP contribution in [0.5, 0.6) is 5.75 Å². The van der Waals surface area contributed by atoms with Crippen molar-refractivity contribution in [1.82, 2.24) is 4.98 Å². The van der Waals surface area contributed by atoms with Gasteiger partial charge in [0.2, 0.25) is 5.91 Å². The van der Waals surface area contributed by atoms with Crippen molar-refractivity contribution in [3.63, 3.8) is 0 Å². The number of hydrogen-bond acceptors (Lipinski definition) is 5. The number of carbonyl (C=O) groups excluding carboxylic acids is 2. The molecule has 1 aliphatic rings. The third-order valence-electron chi connectivity index (χ3n) is 5.17. The molecule has 176 valence electrons. The van der Waals surface area contributed by atoms with Crippen molar-refractivity contribution in [2.24, 2.45) is 0 Å². The Morgan fingerprint density at radius 3 is 2.74 bits per heavy atom. The van der Waals surface area contributed by atoms with E-state index in [4.69, 9.17) is 0 Å². The van der Waals surface area contributed by atoms with E-state index in [0.717, 1.165) is 21.8 Å². The molecule has 10 heteroatoms. The van der Waals surface area contributed by atoms with Crippen LogP contribution in [0.4, 0.5) is 29.7 Å². The van der Waals surface area contributed by atoms with Crippen LogP contribution in [-0.2, 0) is 16.0 Å². The summed E-state index contributed by atoms with van der Waals surface area (Å²) in [5, 5.41) is 1.88. The molecule has 2 heterocycles. The lowest BCUT2D eigenvalue weighted by atomic mass is 10.0. The molecule has 1 aliphatic heterocycles. The number of ether oxygens (including phenoxy) is 1. The van der Waals surface area contributed by atoms with Crippen LogP contribution < -0.4 is 14.5 Å². The number of hydrogen-bond donors (Lipinski definition) is 0. The maximum Gasteiger partial charge on any atom is 0.387 e. The van der Waals surface area contributed by atoms with Gasteiger partial charge in [-0.1, -0.05) is 24.3 Å². The second-order valence-corrected chi connectivity index (χ2v) is 8.27. The smallest absolute Gasteiger partial charge is 0.387 e. The number of para-hydroxylation sites is 2. The molecule has 0 saturated carbocycles. The van der Waals surface area contributed by atoms with Crippen LogP contribution in [0.1, 0.15) is 24.6 Å². The van der Waals surface area contributed by atoms with Gasteiger partial charge >= 0.3 is 6.61 Å². The first kappa shape index (κ1) is 23.5. The van der Waals surface area contributed by atoms with Crippen LogP contribution in [0.15, 0.2) is 53.9 Å². The number of aromatic nitrogens is 1. The van der Waals surface area contributed by atoms with E-state index < -0.39 is 24.2 Å². The minimum absolute atomic E-state index is 0.0492. The van der Waals surface area contributed by atoms with Crippen LogP contribution in [0.3, 0.4) is 0 Å². The van der Waals surface area contributed by atoms with Crippen LogP contribution in [0.25, 0.3) is 6.08 Å². The van der Waals surface area contributed by atoms with E-state index >= 15 is 0 Å². The maximum absolute atomic E-state index is 14.2. The van der Waals surface area contributed by atoms with Crippen molar-refractivity contribution < 1.29 is 27.5 Å². The first-order valence-corrected chi connectivity index (χ1v) is 11.3. The van der Waals surface area contributed by atoms with Crippen molar-refractivity contribution in [3.8, 4) is 5.75 Å². The van der Waals surface area contributed by atoms with Crippen molar-refractivity contribution in [2.75, 3.05) is 16.3 Å². The Morgan fingerprint density at radius 2 is 2.00 bits per heavy atom. The predicted octanol–water partition coefficient (Wildman–Crippen LogP) is 5.56. The quantitative estimate of drug-likeness (QED) is 0.427. The van der Waals surface area contributed by atoms with Gasteiger partial charge in [0.15, 0.2) is 5.13 Å². The lowest BCUT2D eigenvalue weighted by Gasteiger charge is -2.30. The zero-order valence-electron chi connectivity index (χ0n) is 18.1. The first-order valence-electron chi connectivity index (χ1n) is 10.4. The Labute approximate surface area is 197 Å². The van der Waals surface area contributed by atoms with Gasteiger partial charge in [0.05, 0.1) is 17.1 Å². The molecule has 0 spiro atoms. The fraction of sp³-hybridized carbons (Fsp3) is 0.208. The first-order chi connectivity index (χ1) is 16.3. The van der Waals surface area contributed by atoms with Gasteiger partial charge in [-0.15, -0.1) is 11.3 Å². The summed E-state index contributed by atoms with van der Waals surface area (Å²) in [5.41, 5.74) is 1.56. The van der Waals surface area contributed by atoms with Gasteiger partial charge in [-0.2, -0.15) is 8.78 Å². The molecular formula is C24H20F3N3O3S. The molecule has 0 fully saturated rings. The number of amides is 2. The number of carbonyl (C=O) groups is 2. The summed E-state index contributed by atoms with van der Waals surface area (Å²) in [5.74, 6) is -1.45. The van der Waals surface area contributed by atoms with Crippen LogP contribution in [0.2, 0.25) is 0 Å². The van der Waals surface area contributed by atoms with E-state index in [2.05, 4.69) is 9.72 Å². The molecule has 3 aromatic rings. The largest absolute Gasteiger partial charge is 0.433 e. The van der Waals surface area contributed by atoms with Crippen molar-refractivity contribution in [2.45, 2.75) is 26.4 Å². The molecule has 0 radical (unpaired) electrons. The summed E-state index contributed by atoms with van der Waals surface area (Å²) in [6.07, 6.45) is 4.08. The molecule has 4 rings (SSSR count). The lowest BCUT2D eigenvalue weighted by molar-refractivity contribution is -0.116. The summed E-state index contributed by atoms with van der Waals surface area (Å²) in [4.78, 5) is 32.0. The maximum atomic E-state index is 14.2. The third-order valence-corrected chi connectivity index (χ3v) is 6.01. The van der Waals surface area contributed by atoms with Gasteiger partial charge in [0.25, 0.3) is 5.91 Å². The van der Waals surface area contributed by atoms with E-state index in [1.807, 2.05) is 0 Å². The molecule has 0 atom stereocenters. The van der Waals surface area contributed by atoms with Crippen molar-refractivity contribution >= 4 is 45.7 Å². The molecular weight excluding hydrogens is 467 g/mol. The van der Waals surface area contributed by atoms with Gasteiger partial charge in [-0.25, -0.2) is 9.37 Å². The number of anilines is 3. The predicted molar refractivity (Wildman–Crippen MR) is 124 cm³/mol. The minimum Gasteiger partial charge on any atom is -0.433 e. The average molecular weight is 488 g/mol. The number of thiazole rings is 1. The van der Waals surface area contributed by atoms with Gasteiger partial charge in [-0.05, 0) is 42.7 Å². The highest BCUT2D eigenvalue weighted by Crippen LogP contribution is 2.37. The Balaban J connectivity index is 1.57. The number of nitrogens with zero attached hydrogens (tertiary/aromatic N) is 3.